The van der Waals surface area contributed by atoms with Crippen LogP contribution in [0, 0.1) is 6.92 Å². The molecule has 1 aliphatic rings. The number of carbonyl (C=O) groups is 1. The first-order valence-corrected chi connectivity index (χ1v) is 16.1. The van der Waals surface area contributed by atoms with Crippen molar-refractivity contribution in [2.24, 2.45) is 4.99 Å². The zero-order chi connectivity index (χ0) is 31.8. The largest absolute Gasteiger partial charge is 0.496 e. The molecule has 0 unspecified atom stereocenters. The number of rotatable bonds is 8. The minimum Gasteiger partial charge on any atom is -0.496 e. The predicted molar refractivity (Wildman–Crippen MR) is 175 cm³/mol. The lowest BCUT2D eigenvalue weighted by molar-refractivity contribution is -0.127. The van der Waals surface area contributed by atoms with E-state index in [4.69, 9.17) is 14.1 Å². The summed E-state index contributed by atoms with van der Waals surface area (Å²) in [5.74, 6) is 0.849. The number of aromatic nitrogens is 3. The summed E-state index contributed by atoms with van der Waals surface area (Å²) in [7, 11) is 1.59. The number of amides is 1. The first-order chi connectivity index (χ1) is 21.7. The van der Waals surface area contributed by atoms with E-state index >= 15 is 0 Å². The smallest absolute Gasteiger partial charge is 0.271 e. The summed E-state index contributed by atoms with van der Waals surface area (Å²) in [5.41, 5.74) is 1.76. The molecule has 0 saturated carbocycles. The number of hydrogen-bond donors (Lipinski definition) is 1. The Kier molecular flexibility index (Phi) is 8.34. The van der Waals surface area contributed by atoms with Crippen LogP contribution < -0.4 is 25.2 Å². The highest BCUT2D eigenvalue weighted by atomic mass is 32.2. The van der Waals surface area contributed by atoms with Crippen LogP contribution in [-0.4, -0.2) is 45.5 Å². The summed E-state index contributed by atoms with van der Waals surface area (Å²) >= 11 is 2.41. The van der Waals surface area contributed by atoms with E-state index in [0.29, 0.717) is 61.1 Å². The summed E-state index contributed by atoms with van der Waals surface area (Å²) in [4.78, 5) is 54.3. The van der Waals surface area contributed by atoms with Gasteiger partial charge in [-0.15, -0.1) is 0 Å². The van der Waals surface area contributed by atoms with Gasteiger partial charge in [-0.05, 0) is 68.4 Å². The molecule has 45 heavy (non-hydrogen) atoms. The van der Waals surface area contributed by atoms with Gasteiger partial charge in [0.25, 0.3) is 17.0 Å². The number of allylic oxidation sites excluding steroid dienone is 1. The van der Waals surface area contributed by atoms with E-state index in [1.807, 2.05) is 57.2 Å². The van der Waals surface area contributed by atoms with Crippen LogP contribution in [0.15, 0.2) is 95.1 Å². The van der Waals surface area contributed by atoms with Crippen molar-refractivity contribution >= 4 is 45.9 Å². The molecule has 0 spiro atoms. The van der Waals surface area contributed by atoms with E-state index < -0.39 is 6.04 Å². The van der Waals surface area contributed by atoms with Crippen molar-refractivity contribution in [1.82, 2.24) is 19.4 Å². The molecule has 3 aromatic heterocycles. The molecular formula is C33H31N5O5S2. The van der Waals surface area contributed by atoms with Crippen LogP contribution in [0.3, 0.4) is 0 Å². The summed E-state index contributed by atoms with van der Waals surface area (Å²) < 4.78 is 13.9. The number of ether oxygens (including phenoxy) is 1. The van der Waals surface area contributed by atoms with Crippen LogP contribution in [-0.2, 0) is 4.79 Å². The average Bonchev–Trinajstić information content (AvgIpc) is 3.58. The molecule has 0 fully saturated rings. The fourth-order valence-corrected chi connectivity index (χ4v) is 7.41. The fraction of sp³-hybridized carbons (Fsp3) is 0.242. The number of thiazole rings is 1. The molecule has 0 aliphatic carbocycles. The third kappa shape index (κ3) is 5.67. The average molecular weight is 642 g/mol. The first kappa shape index (κ1) is 30.4. The van der Waals surface area contributed by atoms with E-state index in [-0.39, 0.29) is 17.0 Å². The maximum Gasteiger partial charge on any atom is 0.271 e. The molecule has 1 atom stereocenters. The molecule has 0 saturated heterocycles. The third-order valence-corrected chi connectivity index (χ3v) is 9.44. The van der Waals surface area contributed by atoms with E-state index in [1.54, 1.807) is 41.7 Å². The SMILES string of the molecule is CCN(CC)C(=O)C1=C(C)N=c2s/c(=C\c3ccc(Sc4nc(C)cc(=O)[nH]4)o3)c(=O)n2[C@H]1c1c(OC)ccc2ccccc12. The van der Waals surface area contributed by atoms with Gasteiger partial charge >= 0.3 is 0 Å². The van der Waals surface area contributed by atoms with Crippen LogP contribution in [0.2, 0.25) is 0 Å². The van der Waals surface area contributed by atoms with Crippen molar-refractivity contribution in [2.45, 2.75) is 44.0 Å². The number of H-pyrrole nitrogens is 1. The zero-order valence-electron chi connectivity index (χ0n) is 25.4. The molecule has 0 bridgehead atoms. The van der Waals surface area contributed by atoms with Crippen molar-refractivity contribution < 1.29 is 13.9 Å². The number of aryl methyl sites for hydroxylation is 1. The summed E-state index contributed by atoms with van der Waals surface area (Å²) in [6, 6.07) is 15.9. The van der Waals surface area contributed by atoms with Crippen molar-refractivity contribution in [3.05, 3.63) is 113 Å². The molecule has 5 aromatic rings. The monoisotopic (exact) mass is 641 g/mol. The van der Waals surface area contributed by atoms with Gasteiger partial charge in [-0.25, -0.2) is 9.98 Å². The zero-order valence-corrected chi connectivity index (χ0v) is 27.0. The van der Waals surface area contributed by atoms with E-state index in [2.05, 4.69) is 9.97 Å². The molecule has 1 amide bonds. The molecule has 1 N–H and O–H groups in total. The maximum atomic E-state index is 14.3. The van der Waals surface area contributed by atoms with Gasteiger partial charge < -0.3 is 19.0 Å². The Hall–Kier alpha value is -4.68. The maximum absolute atomic E-state index is 14.3. The van der Waals surface area contributed by atoms with Crippen molar-refractivity contribution in [3.8, 4) is 5.75 Å². The number of nitrogens with one attached hydrogen (secondary N) is 1. The quantitative estimate of drug-likeness (QED) is 0.249. The second kappa shape index (κ2) is 12.4. The van der Waals surface area contributed by atoms with Crippen LogP contribution in [0.1, 0.15) is 43.8 Å². The number of carbonyl (C=O) groups excluding carboxylic acids is 1. The van der Waals surface area contributed by atoms with E-state index in [1.165, 1.54) is 29.2 Å². The lowest BCUT2D eigenvalue weighted by atomic mass is 9.90. The van der Waals surface area contributed by atoms with Crippen molar-refractivity contribution in [3.63, 3.8) is 0 Å². The lowest BCUT2D eigenvalue weighted by Gasteiger charge is -2.30. The van der Waals surface area contributed by atoms with Gasteiger partial charge in [0.2, 0.25) is 0 Å². The van der Waals surface area contributed by atoms with Gasteiger partial charge in [0.05, 0.1) is 22.9 Å². The molecule has 230 valence electrons. The minimum atomic E-state index is -0.774. The number of fused-ring (bicyclic) bond motifs is 2. The van der Waals surface area contributed by atoms with Gasteiger partial charge in [0.15, 0.2) is 15.1 Å². The third-order valence-electron chi connectivity index (χ3n) is 7.65. The normalized spacial score (nSPS) is 14.9. The topological polar surface area (TPSA) is 123 Å². The number of furan rings is 1. The van der Waals surface area contributed by atoms with Gasteiger partial charge in [-0.3, -0.25) is 19.0 Å². The first-order valence-electron chi connectivity index (χ1n) is 14.5. The fourth-order valence-electron chi connectivity index (χ4n) is 5.58. The molecular weight excluding hydrogens is 611 g/mol. The standard InChI is InChI=1S/C33H31N5O5S2/c1-6-37(7-2)31(41)27-19(4)35-33-38(29(27)28-22-11-9-8-10-20(22)12-14-23(28)42-5)30(40)24(44-33)17-21-13-15-26(43-21)45-32-34-18(3)16-25(39)36-32/h8-17,29H,6-7H2,1-5H3,(H,34,36,39)/b24-17-/t29-/m1/s1. The minimum absolute atomic E-state index is 0.175. The van der Waals surface area contributed by atoms with E-state index in [0.717, 1.165) is 16.3 Å². The molecule has 2 aromatic carbocycles. The number of benzene rings is 2. The van der Waals surface area contributed by atoms with Crippen LogP contribution in [0.5, 0.6) is 5.75 Å². The number of nitrogens with zero attached hydrogens (tertiary/aromatic N) is 4. The van der Waals surface area contributed by atoms with Gasteiger partial charge in [0.1, 0.15) is 17.6 Å². The highest BCUT2D eigenvalue weighted by Gasteiger charge is 2.36. The second-order valence-electron chi connectivity index (χ2n) is 10.4. The molecule has 0 radical (unpaired) electrons. The number of likely N-dealkylation sites (N-methyl/N-ethyl adjacent to an activating group) is 1. The van der Waals surface area contributed by atoms with Crippen LogP contribution >= 0.6 is 23.1 Å². The lowest BCUT2D eigenvalue weighted by Crippen LogP contribution is -2.43. The molecule has 10 nitrogen and oxygen atoms in total. The Morgan fingerprint density at radius 1 is 1.13 bits per heavy atom. The molecule has 4 heterocycles. The Balaban J connectivity index is 1.52. The molecule has 1 aliphatic heterocycles. The van der Waals surface area contributed by atoms with Gasteiger partial charge in [-0.2, -0.15) is 0 Å². The van der Waals surface area contributed by atoms with Crippen molar-refractivity contribution in [1.29, 1.82) is 0 Å². The summed E-state index contributed by atoms with van der Waals surface area (Å²) in [6.45, 7) is 8.46. The number of aromatic amines is 1. The number of methoxy groups -OCH3 is 1. The van der Waals surface area contributed by atoms with Gasteiger partial charge in [-0.1, -0.05) is 41.7 Å². The van der Waals surface area contributed by atoms with E-state index in [9.17, 15) is 14.4 Å². The Labute approximate surface area is 266 Å². The highest BCUT2D eigenvalue weighted by molar-refractivity contribution is 7.99. The second-order valence-corrected chi connectivity index (χ2v) is 12.4. The highest BCUT2D eigenvalue weighted by Crippen LogP contribution is 2.40. The Bertz CT molecular complexity index is 2220. The number of hydrogen-bond acceptors (Lipinski definition) is 9. The van der Waals surface area contributed by atoms with Crippen LogP contribution in [0.4, 0.5) is 0 Å². The molecule has 12 heteroatoms. The summed E-state index contributed by atoms with van der Waals surface area (Å²) in [5, 5.41) is 2.76. The van der Waals surface area contributed by atoms with Crippen LogP contribution in [0.25, 0.3) is 16.8 Å². The predicted octanol–water partition coefficient (Wildman–Crippen LogP) is 4.40. The Morgan fingerprint density at radius 3 is 2.64 bits per heavy atom. The van der Waals surface area contributed by atoms with Crippen molar-refractivity contribution in [2.75, 3.05) is 20.2 Å². The summed E-state index contributed by atoms with van der Waals surface area (Å²) in [6.07, 6.45) is 1.67. The molecule has 6 rings (SSSR count). The Morgan fingerprint density at radius 2 is 1.91 bits per heavy atom. The van der Waals surface area contributed by atoms with Gasteiger partial charge in [0, 0.05) is 36.5 Å².